The lowest BCUT2D eigenvalue weighted by Gasteiger charge is -2.28. The molecule has 3 rings (SSSR count). The molecule has 5 nitrogen and oxygen atoms in total. The highest BCUT2D eigenvalue weighted by molar-refractivity contribution is 6.31. The van der Waals surface area contributed by atoms with Crippen LogP contribution in [0.3, 0.4) is 0 Å². The van der Waals surface area contributed by atoms with E-state index < -0.39 is 0 Å². The molecule has 1 heterocycles. The lowest BCUT2D eigenvalue weighted by atomic mass is 10.2. The van der Waals surface area contributed by atoms with Gasteiger partial charge in [-0.3, -0.25) is 9.59 Å². The minimum atomic E-state index is -0.118. The molecule has 1 aromatic carbocycles. The molecule has 28 heavy (non-hydrogen) atoms. The van der Waals surface area contributed by atoms with E-state index in [4.69, 9.17) is 11.6 Å². The predicted octanol–water partition coefficient (Wildman–Crippen LogP) is 4.11. The second-order valence-corrected chi connectivity index (χ2v) is 7.89. The number of carbonyl (C=O) groups is 2. The first-order chi connectivity index (χ1) is 13.5. The molecule has 0 saturated heterocycles. The molecule has 1 fully saturated rings. The van der Waals surface area contributed by atoms with Crippen LogP contribution in [-0.2, 0) is 18.4 Å². The van der Waals surface area contributed by atoms with E-state index in [9.17, 15) is 9.59 Å². The smallest absolute Gasteiger partial charge is 0.254 e. The van der Waals surface area contributed by atoms with Crippen LogP contribution in [0.15, 0.2) is 42.6 Å². The number of hydrogen-bond donors (Lipinski definition) is 0. The van der Waals surface area contributed by atoms with Gasteiger partial charge in [-0.1, -0.05) is 31.0 Å². The summed E-state index contributed by atoms with van der Waals surface area (Å²) in [4.78, 5) is 29.7. The van der Waals surface area contributed by atoms with Gasteiger partial charge in [0, 0.05) is 42.1 Å². The summed E-state index contributed by atoms with van der Waals surface area (Å²) >= 11 is 6.05. The van der Waals surface area contributed by atoms with Crippen molar-refractivity contribution in [3.05, 3.63) is 58.9 Å². The lowest BCUT2D eigenvalue weighted by Crippen LogP contribution is -2.44. The van der Waals surface area contributed by atoms with Gasteiger partial charge in [0.05, 0.1) is 6.54 Å². The SMILES string of the molecule is CCCCN(Cc1cccn1C)C(=O)CN(C(=O)c1cccc(Cl)c1)C1CC1. The fraction of sp³-hybridized carbons (Fsp3) is 0.455. The quantitative estimate of drug-likeness (QED) is 0.634. The number of rotatable bonds is 9. The Hall–Kier alpha value is -2.27. The zero-order valence-electron chi connectivity index (χ0n) is 16.6. The Morgan fingerprint density at radius 2 is 2.00 bits per heavy atom. The molecular weight excluding hydrogens is 374 g/mol. The first-order valence-electron chi connectivity index (χ1n) is 9.94. The normalized spacial score (nSPS) is 13.4. The highest BCUT2D eigenvalue weighted by atomic mass is 35.5. The zero-order valence-corrected chi connectivity index (χ0v) is 17.4. The largest absolute Gasteiger partial charge is 0.353 e. The van der Waals surface area contributed by atoms with Crippen molar-refractivity contribution in [2.75, 3.05) is 13.1 Å². The van der Waals surface area contributed by atoms with Gasteiger partial charge < -0.3 is 14.4 Å². The highest BCUT2D eigenvalue weighted by Crippen LogP contribution is 2.29. The molecule has 0 spiro atoms. The number of benzene rings is 1. The maximum absolute atomic E-state index is 13.1. The number of halogens is 1. The average Bonchev–Trinajstić information content (AvgIpc) is 3.45. The molecule has 150 valence electrons. The molecule has 0 radical (unpaired) electrons. The number of aromatic nitrogens is 1. The fourth-order valence-corrected chi connectivity index (χ4v) is 3.47. The monoisotopic (exact) mass is 401 g/mol. The highest BCUT2D eigenvalue weighted by Gasteiger charge is 2.35. The topological polar surface area (TPSA) is 45.6 Å². The van der Waals surface area contributed by atoms with Gasteiger partial charge in [0.25, 0.3) is 5.91 Å². The van der Waals surface area contributed by atoms with Crippen molar-refractivity contribution in [1.29, 1.82) is 0 Å². The van der Waals surface area contributed by atoms with E-state index >= 15 is 0 Å². The molecular formula is C22H28ClN3O2. The molecule has 1 aliphatic carbocycles. The Kier molecular flexibility index (Phi) is 6.79. The number of aryl methyl sites for hydroxylation is 1. The van der Waals surface area contributed by atoms with Crippen LogP contribution in [-0.4, -0.2) is 45.3 Å². The summed E-state index contributed by atoms with van der Waals surface area (Å²) < 4.78 is 2.03. The van der Waals surface area contributed by atoms with Gasteiger partial charge in [-0.25, -0.2) is 0 Å². The second-order valence-electron chi connectivity index (χ2n) is 7.45. The Morgan fingerprint density at radius 1 is 1.21 bits per heavy atom. The zero-order chi connectivity index (χ0) is 20.1. The fourth-order valence-electron chi connectivity index (χ4n) is 3.28. The van der Waals surface area contributed by atoms with Crippen molar-refractivity contribution in [3.8, 4) is 0 Å². The third-order valence-corrected chi connectivity index (χ3v) is 5.40. The number of carbonyl (C=O) groups excluding carboxylic acids is 2. The molecule has 0 unspecified atom stereocenters. The summed E-state index contributed by atoms with van der Waals surface area (Å²) in [6.45, 7) is 3.49. The lowest BCUT2D eigenvalue weighted by molar-refractivity contribution is -0.132. The maximum atomic E-state index is 13.1. The van der Waals surface area contributed by atoms with Crippen LogP contribution in [0.1, 0.15) is 48.7 Å². The number of hydrogen-bond acceptors (Lipinski definition) is 2. The molecule has 1 saturated carbocycles. The molecule has 0 bridgehead atoms. The van der Waals surface area contributed by atoms with Crippen LogP contribution in [0.2, 0.25) is 5.02 Å². The van der Waals surface area contributed by atoms with Crippen molar-refractivity contribution in [2.45, 2.75) is 45.2 Å². The summed E-state index contributed by atoms with van der Waals surface area (Å²) in [6.07, 6.45) is 5.85. The van der Waals surface area contributed by atoms with Crippen LogP contribution >= 0.6 is 11.6 Å². The summed E-state index contributed by atoms with van der Waals surface area (Å²) in [5, 5.41) is 0.529. The number of nitrogens with zero attached hydrogens (tertiary/aromatic N) is 3. The van der Waals surface area contributed by atoms with Crippen LogP contribution in [0.5, 0.6) is 0 Å². The van der Waals surface area contributed by atoms with E-state index in [2.05, 4.69) is 6.92 Å². The molecule has 1 aliphatic rings. The van der Waals surface area contributed by atoms with Crippen molar-refractivity contribution < 1.29 is 9.59 Å². The molecule has 0 atom stereocenters. The van der Waals surface area contributed by atoms with Crippen LogP contribution in [0, 0.1) is 0 Å². The number of amides is 2. The van der Waals surface area contributed by atoms with E-state index in [1.165, 1.54) is 0 Å². The van der Waals surface area contributed by atoms with E-state index in [0.29, 0.717) is 23.7 Å². The van der Waals surface area contributed by atoms with Crippen molar-refractivity contribution >= 4 is 23.4 Å². The van der Waals surface area contributed by atoms with Gasteiger partial charge in [-0.15, -0.1) is 0 Å². The first kappa shape index (κ1) is 20.5. The summed E-state index contributed by atoms with van der Waals surface area (Å²) in [6, 6.07) is 11.1. The van der Waals surface area contributed by atoms with Crippen molar-refractivity contribution in [3.63, 3.8) is 0 Å². The summed E-state index contributed by atoms with van der Waals surface area (Å²) in [5.41, 5.74) is 1.62. The number of unbranched alkanes of at least 4 members (excludes halogenated alkanes) is 1. The van der Waals surface area contributed by atoms with Gasteiger partial charge >= 0.3 is 0 Å². The first-order valence-corrected chi connectivity index (χ1v) is 10.3. The van der Waals surface area contributed by atoms with Crippen molar-refractivity contribution in [2.24, 2.45) is 7.05 Å². The Bertz CT molecular complexity index is 829. The van der Waals surface area contributed by atoms with Crippen LogP contribution < -0.4 is 0 Å². The second kappa shape index (κ2) is 9.28. The minimum Gasteiger partial charge on any atom is -0.353 e. The van der Waals surface area contributed by atoms with Crippen LogP contribution in [0.25, 0.3) is 0 Å². The third-order valence-electron chi connectivity index (χ3n) is 5.16. The Balaban J connectivity index is 1.73. The van der Waals surface area contributed by atoms with Gasteiger partial charge in [-0.05, 0) is 49.6 Å². The molecule has 0 aliphatic heterocycles. The minimum absolute atomic E-state index is 0.00284. The molecule has 1 aromatic heterocycles. The average molecular weight is 402 g/mol. The third kappa shape index (κ3) is 5.16. The maximum Gasteiger partial charge on any atom is 0.254 e. The van der Waals surface area contributed by atoms with E-state index in [1.807, 2.05) is 34.8 Å². The van der Waals surface area contributed by atoms with Gasteiger partial charge in [0.1, 0.15) is 6.54 Å². The molecule has 6 heteroatoms. The Labute approximate surface area is 171 Å². The summed E-state index contributed by atoms with van der Waals surface area (Å²) in [7, 11) is 1.98. The standard InChI is InChI=1S/C22H28ClN3O2/c1-3-4-13-25(15-20-9-6-12-24(20)2)21(27)16-26(19-10-11-19)22(28)17-7-5-8-18(23)14-17/h5-9,12,14,19H,3-4,10-11,13,15-16H2,1-2H3. The van der Waals surface area contributed by atoms with Gasteiger partial charge in [0.2, 0.25) is 5.91 Å². The van der Waals surface area contributed by atoms with E-state index in [1.54, 1.807) is 29.2 Å². The van der Waals surface area contributed by atoms with Gasteiger partial charge in [-0.2, -0.15) is 0 Å². The molecule has 2 aromatic rings. The Morgan fingerprint density at radius 3 is 2.61 bits per heavy atom. The predicted molar refractivity (Wildman–Crippen MR) is 111 cm³/mol. The van der Waals surface area contributed by atoms with E-state index in [0.717, 1.165) is 31.4 Å². The van der Waals surface area contributed by atoms with Crippen molar-refractivity contribution in [1.82, 2.24) is 14.4 Å². The molecule has 2 amide bonds. The summed E-state index contributed by atoms with van der Waals surface area (Å²) in [5.74, 6) is -0.121. The van der Waals surface area contributed by atoms with E-state index in [-0.39, 0.29) is 24.4 Å². The van der Waals surface area contributed by atoms with Crippen LogP contribution in [0.4, 0.5) is 0 Å². The molecule has 0 N–H and O–H groups in total. The van der Waals surface area contributed by atoms with Gasteiger partial charge in [0.15, 0.2) is 0 Å².